The number of aryl methyl sites for hydroxylation is 1. The number of hydrogen-bond acceptors (Lipinski definition) is 6. The van der Waals surface area contributed by atoms with Crippen LogP contribution in [0.4, 0.5) is 5.95 Å². The third-order valence-electron chi connectivity index (χ3n) is 4.34. The minimum atomic E-state index is -0.203. The number of hydrogen-bond donors (Lipinski definition) is 2. The average molecular weight is 447 g/mol. The van der Waals surface area contributed by atoms with Crippen molar-refractivity contribution < 1.29 is 9.47 Å². The monoisotopic (exact) mass is 446 g/mol. The number of aromatic amines is 1. The molecular formula is C21H20Cl2N4O3. The van der Waals surface area contributed by atoms with Crippen molar-refractivity contribution in [1.29, 1.82) is 0 Å². The molecule has 7 nitrogen and oxygen atoms in total. The van der Waals surface area contributed by atoms with Crippen LogP contribution in [-0.4, -0.2) is 23.3 Å². The second-order valence-corrected chi connectivity index (χ2v) is 7.26. The number of nitrogens with one attached hydrogen (secondary N) is 2. The first kappa shape index (κ1) is 21.7. The lowest BCUT2D eigenvalue weighted by Gasteiger charge is -2.12. The quantitative estimate of drug-likeness (QED) is 0.404. The van der Waals surface area contributed by atoms with Crippen molar-refractivity contribution >= 4 is 35.4 Å². The highest BCUT2D eigenvalue weighted by Gasteiger charge is 2.07. The Balaban J connectivity index is 1.68. The largest absolute Gasteiger partial charge is 0.493 e. The molecule has 0 spiro atoms. The molecular weight excluding hydrogens is 427 g/mol. The fourth-order valence-electron chi connectivity index (χ4n) is 2.54. The van der Waals surface area contributed by atoms with E-state index in [-0.39, 0.29) is 11.5 Å². The number of hydrazone groups is 1. The predicted octanol–water partition coefficient (Wildman–Crippen LogP) is 4.73. The zero-order valence-electron chi connectivity index (χ0n) is 16.6. The van der Waals surface area contributed by atoms with E-state index in [1.54, 1.807) is 51.4 Å². The van der Waals surface area contributed by atoms with E-state index < -0.39 is 0 Å². The van der Waals surface area contributed by atoms with Gasteiger partial charge in [-0.3, -0.25) is 9.78 Å². The molecule has 2 N–H and O–H groups in total. The first-order valence-corrected chi connectivity index (χ1v) is 9.74. The van der Waals surface area contributed by atoms with Gasteiger partial charge in [-0.1, -0.05) is 29.3 Å². The molecule has 0 radical (unpaired) electrons. The Kier molecular flexibility index (Phi) is 6.97. The van der Waals surface area contributed by atoms with Crippen LogP contribution in [0.1, 0.15) is 22.4 Å². The summed E-state index contributed by atoms with van der Waals surface area (Å²) in [5.41, 5.74) is 5.39. The van der Waals surface area contributed by atoms with Crippen molar-refractivity contribution in [2.75, 3.05) is 12.5 Å². The zero-order valence-corrected chi connectivity index (χ0v) is 18.1. The number of rotatable bonds is 7. The summed E-state index contributed by atoms with van der Waals surface area (Å²) in [5.74, 6) is 1.40. The van der Waals surface area contributed by atoms with Crippen LogP contribution in [-0.2, 0) is 6.61 Å². The van der Waals surface area contributed by atoms with Gasteiger partial charge in [-0.25, -0.2) is 10.4 Å². The number of H-pyrrole nitrogens is 1. The first-order valence-electron chi connectivity index (χ1n) is 8.98. The van der Waals surface area contributed by atoms with Gasteiger partial charge in [0.05, 0.1) is 23.4 Å². The maximum atomic E-state index is 11.8. The van der Waals surface area contributed by atoms with Crippen LogP contribution < -0.4 is 20.5 Å². The lowest BCUT2D eigenvalue weighted by atomic mass is 10.2. The summed E-state index contributed by atoms with van der Waals surface area (Å²) in [6.45, 7) is 3.79. The zero-order chi connectivity index (χ0) is 21.7. The minimum absolute atomic E-state index is 0.203. The molecule has 0 saturated carbocycles. The van der Waals surface area contributed by atoms with Crippen molar-refractivity contribution in [3.8, 4) is 11.5 Å². The molecule has 156 valence electrons. The highest BCUT2D eigenvalue weighted by atomic mass is 35.5. The molecule has 3 aromatic rings. The van der Waals surface area contributed by atoms with E-state index in [2.05, 4.69) is 20.5 Å². The average Bonchev–Trinajstić information content (AvgIpc) is 2.73. The third-order valence-corrected chi connectivity index (χ3v) is 5.08. The highest BCUT2D eigenvalue weighted by Crippen LogP contribution is 2.29. The minimum Gasteiger partial charge on any atom is -0.493 e. The normalized spacial score (nSPS) is 11.0. The van der Waals surface area contributed by atoms with Crippen molar-refractivity contribution in [3.05, 3.63) is 79.2 Å². The Morgan fingerprint density at radius 2 is 1.93 bits per heavy atom. The molecule has 0 bridgehead atoms. The molecule has 1 aromatic heterocycles. The van der Waals surface area contributed by atoms with Gasteiger partial charge in [-0.15, -0.1) is 0 Å². The van der Waals surface area contributed by atoms with E-state index >= 15 is 0 Å². The number of halogens is 2. The molecule has 0 fully saturated rings. The number of methoxy groups -OCH3 is 1. The van der Waals surface area contributed by atoms with Gasteiger partial charge in [0.2, 0.25) is 5.95 Å². The molecule has 30 heavy (non-hydrogen) atoms. The number of anilines is 1. The van der Waals surface area contributed by atoms with Crippen molar-refractivity contribution in [2.24, 2.45) is 5.10 Å². The van der Waals surface area contributed by atoms with E-state index in [9.17, 15) is 4.79 Å². The Labute approximate surface area is 183 Å². The SMILES string of the molecule is COc1cc(/C=N\Nc2nc(C)c(C)c(=O)[nH]2)ccc1OCc1ccc(Cl)c(Cl)c1. The maximum absolute atomic E-state index is 11.8. The number of ether oxygens (including phenoxy) is 2. The first-order chi connectivity index (χ1) is 14.4. The maximum Gasteiger partial charge on any atom is 0.255 e. The molecule has 9 heteroatoms. The van der Waals surface area contributed by atoms with Gasteiger partial charge in [-0.05, 0) is 55.3 Å². The van der Waals surface area contributed by atoms with Crippen molar-refractivity contribution in [2.45, 2.75) is 20.5 Å². The van der Waals surface area contributed by atoms with Crippen LogP contribution in [0, 0.1) is 13.8 Å². The molecule has 0 atom stereocenters. The second kappa shape index (κ2) is 9.65. The van der Waals surface area contributed by atoms with Crippen molar-refractivity contribution in [3.63, 3.8) is 0 Å². The lowest BCUT2D eigenvalue weighted by molar-refractivity contribution is 0.284. The molecule has 0 aliphatic heterocycles. The summed E-state index contributed by atoms with van der Waals surface area (Å²) < 4.78 is 11.3. The van der Waals surface area contributed by atoms with Crippen LogP contribution in [0.5, 0.6) is 11.5 Å². The molecule has 3 rings (SSSR count). The Morgan fingerprint density at radius 1 is 1.13 bits per heavy atom. The Bertz CT molecular complexity index is 1150. The second-order valence-electron chi connectivity index (χ2n) is 6.44. The van der Waals surface area contributed by atoms with Crippen LogP contribution in [0.25, 0.3) is 0 Å². The molecule has 0 saturated heterocycles. The topological polar surface area (TPSA) is 88.6 Å². The van der Waals surface area contributed by atoms with Crippen LogP contribution in [0.2, 0.25) is 10.0 Å². The van der Waals surface area contributed by atoms with Crippen molar-refractivity contribution in [1.82, 2.24) is 9.97 Å². The molecule has 0 unspecified atom stereocenters. The van der Waals surface area contributed by atoms with Gasteiger partial charge in [0.1, 0.15) is 6.61 Å². The molecule has 0 aliphatic rings. The summed E-state index contributed by atoms with van der Waals surface area (Å²) in [6.07, 6.45) is 1.58. The third kappa shape index (κ3) is 5.31. The fraction of sp³-hybridized carbons (Fsp3) is 0.190. The summed E-state index contributed by atoms with van der Waals surface area (Å²) >= 11 is 12.0. The van der Waals surface area contributed by atoms with E-state index in [0.717, 1.165) is 11.1 Å². The Hall–Kier alpha value is -3.03. The Morgan fingerprint density at radius 3 is 2.63 bits per heavy atom. The van der Waals surface area contributed by atoms with E-state index in [4.69, 9.17) is 32.7 Å². The number of nitrogens with zero attached hydrogens (tertiary/aromatic N) is 2. The van der Waals surface area contributed by atoms with Gasteiger partial charge in [0.25, 0.3) is 5.56 Å². The van der Waals surface area contributed by atoms with Gasteiger partial charge in [0, 0.05) is 11.3 Å². The summed E-state index contributed by atoms with van der Waals surface area (Å²) in [7, 11) is 1.56. The number of aromatic nitrogens is 2. The smallest absolute Gasteiger partial charge is 0.255 e. The van der Waals surface area contributed by atoms with Gasteiger partial charge >= 0.3 is 0 Å². The molecule has 0 aliphatic carbocycles. The van der Waals surface area contributed by atoms with Crippen LogP contribution >= 0.6 is 23.2 Å². The summed E-state index contributed by atoms with van der Waals surface area (Å²) in [6, 6.07) is 10.7. The lowest BCUT2D eigenvalue weighted by Crippen LogP contribution is -2.15. The van der Waals surface area contributed by atoms with Gasteiger partial charge < -0.3 is 9.47 Å². The van der Waals surface area contributed by atoms with Crippen LogP contribution in [0.15, 0.2) is 46.3 Å². The summed E-state index contributed by atoms with van der Waals surface area (Å²) in [5, 5.41) is 5.08. The molecule has 1 heterocycles. The fourth-order valence-corrected chi connectivity index (χ4v) is 2.86. The van der Waals surface area contributed by atoms with E-state index in [1.807, 2.05) is 12.1 Å². The van der Waals surface area contributed by atoms with E-state index in [0.29, 0.717) is 39.4 Å². The summed E-state index contributed by atoms with van der Waals surface area (Å²) in [4.78, 5) is 18.6. The van der Waals surface area contributed by atoms with Crippen LogP contribution in [0.3, 0.4) is 0 Å². The number of benzene rings is 2. The highest BCUT2D eigenvalue weighted by molar-refractivity contribution is 6.42. The molecule has 0 amide bonds. The predicted molar refractivity (Wildman–Crippen MR) is 119 cm³/mol. The molecule has 2 aromatic carbocycles. The standard InChI is InChI=1S/C21H20Cl2N4O3/c1-12-13(2)25-21(26-20(12)28)27-24-10-14-5-7-18(19(9-14)29-3)30-11-15-4-6-16(22)17(23)8-15/h4-10H,11H2,1-3H3,(H2,25,26,27,28)/b24-10-. The van der Waals surface area contributed by atoms with E-state index in [1.165, 1.54) is 0 Å². The van der Waals surface area contributed by atoms with Gasteiger partial charge in [-0.2, -0.15) is 5.10 Å². The van der Waals surface area contributed by atoms with Gasteiger partial charge in [0.15, 0.2) is 11.5 Å².